The van der Waals surface area contributed by atoms with Gasteiger partial charge in [0.15, 0.2) is 23.1 Å². The van der Waals surface area contributed by atoms with Gasteiger partial charge in [-0.2, -0.15) is 0 Å². The number of benzene rings is 5. The van der Waals surface area contributed by atoms with Gasteiger partial charge in [-0.05, 0) is 173 Å². The lowest BCUT2D eigenvalue weighted by Crippen LogP contribution is -2.28. The minimum absolute atomic E-state index is 0. The van der Waals surface area contributed by atoms with Gasteiger partial charge in [0.25, 0.3) is 0 Å². The summed E-state index contributed by atoms with van der Waals surface area (Å²) in [7, 11) is 2.98. The zero-order valence-electron chi connectivity index (χ0n) is 43.4. The van der Waals surface area contributed by atoms with E-state index in [9.17, 15) is 28.8 Å². The van der Waals surface area contributed by atoms with E-state index < -0.39 is 0 Å². The number of rotatable bonds is 18. The fourth-order valence-electron chi connectivity index (χ4n) is 7.45. The van der Waals surface area contributed by atoms with Crippen LogP contribution in [0.25, 0.3) is 32.7 Å². The van der Waals surface area contributed by atoms with Crippen LogP contribution in [0.2, 0.25) is 0 Å². The lowest BCUT2D eigenvalue weighted by Gasteiger charge is -2.04. The van der Waals surface area contributed by atoms with Crippen molar-refractivity contribution < 1.29 is 43.3 Å². The minimum atomic E-state index is -0.128. The van der Waals surface area contributed by atoms with Crippen LogP contribution < -0.4 is 33.4 Å². The highest BCUT2D eigenvalue weighted by molar-refractivity contribution is 6.00. The van der Waals surface area contributed by atoms with Crippen molar-refractivity contribution in [3.05, 3.63) is 166 Å². The summed E-state index contributed by atoms with van der Waals surface area (Å²) >= 11 is 0. The Morgan fingerprint density at radius 3 is 1.26 bits per heavy atom. The molecule has 0 saturated carbocycles. The monoisotopic (exact) mass is 1040 g/mol. The fraction of sp³-hybridized carbons (Fsp3) is 0.276. The van der Waals surface area contributed by atoms with E-state index in [0.717, 1.165) is 73.5 Å². The molecular formula is C58H73N9O9. The number of fused-ring (bicyclic) bond motifs is 3. The van der Waals surface area contributed by atoms with E-state index in [1.807, 2.05) is 73.2 Å². The van der Waals surface area contributed by atoms with Gasteiger partial charge in [0.2, 0.25) is 11.8 Å². The van der Waals surface area contributed by atoms with Gasteiger partial charge in [0.1, 0.15) is 13.2 Å². The number of Topliss-reactive ketones (excluding diaryl/α,β-unsaturated/α-hetero) is 4. The standard InChI is InChI=1S/C15H18N2O3.C14H18N2O3.C12H14N2O.C8H10N2O.C8H9NO.CH4/c1-10(18)11-3-4-14-13(7-11)12(8-17-14)5-6-16-15(19)9-20-2;1-19-9-14(18)15-5-4-11-7-16-13-3-2-10(8-17)6-12(11)13;1-8(15)9-2-3-12-11(6-9)10(4-5-13)7-14-12;1-6(11)7-2-4-8(10-9)5-3-7;1-6(10)7-2-4-8(9)5-3-7;/h3-4,7-8,17H,5-6,9H2,1-2H3,(H,16,19);2-3,6-7,16-17H,4-5,8-9H2,1H3,(H,15,18);2-3,6-7,14H,4-5,13H2,1H3;2-5,10H,9H2,1H3;2-5H,9H2,1H3;1H4. The van der Waals surface area contributed by atoms with Crippen LogP contribution in [0.3, 0.4) is 0 Å². The van der Waals surface area contributed by atoms with E-state index >= 15 is 0 Å². The molecule has 0 bridgehead atoms. The molecule has 0 aliphatic carbocycles. The maximum atomic E-state index is 11.4. The van der Waals surface area contributed by atoms with Crippen LogP contribution in [-0.4, -0.2) is 102 Å². The van der Waals surface area contributed by atoms with Crippen molar-refractivity contribution >= 4 is 79.0 Å². The van der Waals surface area contributed by atoms with Gasteiger partial charge in [-0.15, -0.1) is 0 Å². The smallest absolute Gasteiger partial charge is 0.245 e. The summed E-state index contributed by atoms with van der Waals surface area (Å²) in [6, 6.07) is 31.0. The molecule has 0 aliphatic rings. The minimum Gasteiger partial charge on any atom is -0.399 e. The third-order valence-corrected chi connectivity index (χ3v) is 11.5. The molecule has 2 amide bonds. The van der Waals surface area contributed by atoms with Crippen LogP contribution >= 0.6 is 0 Å². The van der Waals surface area contributed by atoms with Crippen LogP contribution in [0, 0.1) is 0 Å². The number of H-pyrrole nitrogens is 3. The number of hydrogen-bond acceptors (Lipinski definition) is 13. The van der Waals surface area contributed by atoms with Crippen LogP contribution in [0.5, 0.6) is 0 Å². The molecule has 0 unspecified atom stereocenters. The average molecular weight is 1040 g/mol. The molecule has 0 aliphatic heterocycles. The highest BCUT2D eigenvalue weighted by Crippen LogP contribution is 2.23. The lowest BCUT2D eigenvalue weighted by molar-refractivity contribution is -0.125. The Bertz CT molecular complexity index is 3140. The number of nitrogen functional groups attached to an aromatic ring is 2. The number of nitrogens with two attached hydrogens (primary N) is 3. The molecule has 0 atom stereocenters. The number of ether oxygens (including phenoxy) is 2. The normalized spacial score (nSPS) is 10.2. The predicted molar refractivity (Wildman–Crippen MR) is 303 cm³/mol. The van der Waals surface area contributed by atoms with E-state index in [2.05, 4.69) is 31.0 Å². The molecule has 0 radical (unpaired) electrons. The highest BCUT2D eigenvalue weighted by Gasteiger charge is 2.10. The van der Waals surface area contributed by atoms with E-state index in [1.165, 1.54) is 33.6 Å². The molecule has 18 nitrogen and oxygen atoms in total. The topological polar surface area (TPSA) is 303 Å². The maximum absolute atomic E-state index is 11.4. The molecule has 76 heavy (non-hydrogen) atoms. The number of aromatic amines is 3. The summed E-state index contributed by atoms with van der Waals surface area (Å²) in [4.78, 5) is 76.2. The fourth-order valence-corrected chi connectivity index (χ4v) is 7.45. The molecule has 13 N–H and O–H groups in total. The van der Waals surface area contributed by atoms with Crippen molar-refractivity contribution in [2.45, 2.75) is 61.0 Å². The third kappa shape index (κ3) is 19.5. The molecule has 3 aromatic heterocycles. The number of anilines is 2. The van der Waals surface area contributed by atoms with Crippen molar-refractivity contribution in [1.82, 2.24) is 25.6 Å². The van der Waals surface area contributed by atoms with E-state index in [1.54, 1.807) is 62.4 Å². The second-order valence-corrected chi connectivity index (χ2v) is 17.2. The number of nitrogens with one attached hydrogen (secondary N) is 6. The van der Waals surface area contributed by atoms with Crippen LogP contribution in [0.15, 0.2) is 122 Å². The molecule has 0 saturated heterocycles. The number of aliphatic hydroxyl groups is 1. The summed E-state index contributed by atoms with van der Waals surface area (Å²) in [5.74, 6) is 5.18. The Balaban J connectivity index is 0.000000255. The van der Waals surface area contributed by atoms with E-state index in [-0.39, 0.29) is 62.2 Å². The number of hydrogen-bond donors (Lipinski definition) is 10. The zero-order valence-corrected chi connectivity index (χ0v) is 43.4. The van der Waals surface area contributed by atoms with Gasteiger partial charge < -0.3 is 57.1 Å². The number of carbonyl (C=O) groups is 6. The second kappa shape index (κ2) is 32.1. The largest absolute Gasteiger partial charge is 0.399 e. The summed E-state index contributed by atoms with van der Waals surface area (Å²) in [5.41, 5.74) is 25.1. The van der Waals surface area contributed by atoms with E-state index in [0.29, 0.717) is 48.4 Å². The Morgan fingerprint density at radius 1 is 0.526 bits per heavy atom. The van der Waals surface area contributed by atoms with Crippen molar-refractivity contribution in [1.29, 1.82) is 0 Å². The molecule has 8 rings (SSSR count). The first kappa shape index (κ1) is 62.0. The number of carbonyl (C=O) groups excluding carboxylic acids is 6. The number of amides is 2. The number of methoxy groups -OCH3 is 2. The Labute approximate surface area is 443 Å². The Morgan fingerprint density at radius 2 is 0.895 bits per heavy atom. The molecule has 5 aromatic carbocycles. The van der Waals surface area contributed by atoms with Crippen molar-refractivity contribution in [3.63, 3.8) is 0 Å². The first-order valence-corrected chi connectivity index (χ1v) is 24.1. The summed E-state index contributed by atoms with van der Waals surface area (Å²) in [5, 5.41) is 17.9. The maximum Gasteiger partial charge on any atom is 0.245 e. The number of hydrazine groups is 1. The summed E-state index contributed by atoms with van der Waals surface area (Å²) in [6.45, 7) is 8.12. The molecule has 0 spiro atoms. The molecule has 3 heterocycles. The van der Waals surface area contributed by atoms with E-state index in [4.69, 9.17) is 31.9 Å². The van der Waals surface area contributed by atoms with Gasteiger partial charge >= 0.3 is 0 Å². The van der Waals surface area contributed by atoms with Crippen molar-refractivity contribution in [2.75, 3.05) is 58.2 Å². The molecule has 404 valence electrons. The van der Waals surface area contributed by atoms with Crippen LogP contribution in [-0.2, 0) is 44.9 Å². The lowest BCUT2D eigenvalue weighted by atomic mass is 10.1. The Hall–Kier alpha value is -8.26. The number of aromatic nitrogens is 3. The molecule has 8 aromatic rings. The Kier molecular flexibility index (Phi) is 26.2. The zero-order chi connectivity index (χ0) is 54.9. The quantitative estimate of drug-likeness (QED) is 0.0170. The second-order valence-electron chi connectivity index (χ2n) is 17.2. The average Bonchev–Trinajstić information content (AvgIpc) is 4.13. The van der Waals surface area contributed by atoms with Crippen molar-refractivity contribution in [3.8, 4) is 0 Å². The van der Waals surface area contributed by atoms with Crippen LogP contribution in [0.4, 0.5) is 11.4 Å². The first-order chi connectivity index (χ1) is 36.0. The first-order valence-electron chi connectivity index (χ1n) is 24.1. The summed E-state index contributed by atoms with van der Waals surface area (Å²) < 4.78 is 9.49. The highest BCUT2D eigenvalue weighted by atomic mass is 16.5. The van der Waals surface area contributed by atoms with Gasteiger partial charge in [-0.25, -0.2) is 0 Å². The van der Waals surface area contributed by atoms with Gasteiger partial charge in [0, 0.05) is 112 Å². The number of aliphatic hydroxyl groups excluding tert-OH is 1. The van der Waals surface area contributed by atoms with Crippen molar-refractivity contribution in [2.24, 2.45) is 11.6 Å². The predicted octanol–water partition coefficient (Wildman–Crippen LogP) is 7.79. The van der Waals surface area contributed by atoms with Gasteiger partial charge in [-0.1, -0.05) is 13.5 Å². The number of ketones is 4. The molecule has 0 fully saturated rings. The summed E-state index contributed by atoms with van der Waals surface area (Å²) in [6.07, 6.45) is 8.09. The molecule has 18 heteroatoms. The van der Waals surface area contributed by atoms with Gasteiger partial charge in [-0.3, -0.25) is 34.6 Å². The SMILES string of the molecule is C.CC(=O)c1ccc(N)cc1.CC(=O)c1ccc(NN)cc1.CC(=O)c1ccc2[nH]cc(CCN)c2c1.COCC(=O)NCCc1c[nH]c2ccc(C(C)=O)cc12.COCC(=O)NCCc1c[nH]c2ccc(CO)cc12. The third-order valence-electron chi connectivity index (χ3n) is 11.5. The molecular weight excluding hydrogens is 967 g/mol. The van der Waals surface area contributed by atoms with Gasteiger partial charge in [0.05, 0.1) is 6.61 Å². The van der Waals surface area contributed by atoms with Crippen LogP contribution in [0.1, 0.15) is 98.8 Å².